The number of anilines is 1. The highest BCUT2D eigenvalue weighted by atomic mass is 79.9. The van der Waals surface area contributed by atoms with Crippen molar-refractivity contribution in [3.8, 4) is 0 Å². The van der Waals surface area contributed by atoms with Crippen LogP contribution in [-0.2, 0) is 10.8 Å². The van der Waals surface area contributed by atoms with Crippen molar-refractivity contribution in [2.75, 3.05) is 18.1 Å². The minimum atomic E-state index is -0.934. The van der Waals surface area contributed by atoms with Crippen LogP contribution in [0.25, 0.3) is 0 Å². The van der Waals surface area contributed by atoms with Gasteiger partial charge in [0.25, 0.3) is 5.69 Å². The first-order chi connectivity index (χ1) is 8.82. The number of nitrogens with zero attached hydrogens (tertiary/aromatic N) is 1. The molecule has 2 unspecified atom stereocenters. The molecule has 106 valence electrons. The Kier molecular flexibility index (Phi) is 5.86. The molecule has 0 spiro atoms. The third-order valence-corrected chi connectivity index (χ3v) is 4.64. The van der Waals surface area contributed by atoms with Crippen molar-refractivity contribution in [2.24, 2.45) is 0 Å². The summed E-state index contributed by atoms with van der Waals surface area (Å²) >= 11 is 2.99. The molecule has 0 saturated carbocycles. The van der Waals surface area contributed by atoms with Crippen LogP contribution < -0.4 is 5.32 Å². The largest absolute Gasteiger partial charge is 0.379 e. The fourth-order valence-corrected chi connectivity index (χ4v) is 2.20. The van der Waals surface area contributed by atoms with Crippen LogP contribution in [0.2, 0.25) is 0 Å². The molecule has 1 N–H and O–H groups in total. The second-order valence-corrected chi connectivity index (χ2v) is 6.72. The lowest BCUT2D eigenvalue weighted by Crippen LogP contribution is -2.15. The average Bonchev–Trinajstić information content (AvgIpc) is 2.32. The molecule has 0 aliphatic carbocycles. The van der Waals surface area contributed by atoms with Crippen LogP contribution in [0.5, 0.6) is 0 Å². The molecule has 0 aliphatic heterocycles. The van der Waals surface area contributed by atoms with Crippen LogP contribution >= 0.6 is 15.9 Å². The number of benzene rings is 1. The summed E-state index contributed by atoms with van der Waals surface area (Å²) in [5.41, 5.74) is -0.0710. The van der Waals surface area contributed by atoms with Gasteiger partial charge in [-0.2, -0.15) is 0 Å². The van der Waals surface area contributed by atoms with E-state index in [2.05, 4.69) is 21.2 Å². The molecule has 0 radical (unpaired) electrons. The number of hydrogen-bond donors (Lipinski definition) is 1. The summed E-state index contributed by atoms with van der Waals surface area (Å²) in [6.07, 6.45) is 2.22. The minimum Gasteiger partial charge on any atom is -0.379 e. The van der Waals surface area contributed by atoms with Crippen molar-refractivity contribution in [1.29, 1.82) is 0 Å². The maximum absolute atomic E-state index is 13.3. The summed E-state index contributed by atoms with van der Waals surface area (Å²) in [6, 6.07) is 2.20. The molecule has 0 fully saturated rings. The Morgan fingerprint density at radius 3 is 2.74 bits per heavy atom. The van der Waals surface area contributed by atoms with E-state index in [4.69, 9.17) is 0 Å². The van der Waals surface area contributed by atoms with Crippen molar-refractivity contribution < 1.29 is 13.5 Å². The van der Waals surface area contributed by atoms with Gasteiger partial charge in [-0.3, -0.25) is 14.3 Å². The lowest BCUT2D eigenvalue weighted by atomic mass is 10.2. The summed E-state index contributed by atoms with van der Waals surface area (Å²) in [6.45, 7) is 2.27. The number of nitro benzene ring substituents is 1. The fraction of sp³-hybridized carbons (Fsp3) is 0.455. The van der Waals surface area contributed by atoms with E-state index >= 15 is 0 Å². The Morgan fingerprint density at radius 2 is 2.21 bits per heavy atom. The van der Waals surface area contributed by atoms with E-state index < -0.39 is 21.5 Å². The van der Waals surface area contributed by atoms with Crippen LogP contribution in [0.15, 0.2) is 16.6 Å². The third kappa shape index (κ3) is 4.54. The number of nitrogens with one attached hydrogen (secondary N) is 1. The van der Waals surface area contributed by atoms with Gasteiger partial charge < -0.3 is 5.32 Å². The third-order valence-electron chi connectivity index (χ3n) is 2.67. The summed E-state index contributed by atoms with van der Waals surface area (Å²) < 4.78 is 24.6. The van der Waals surface area contributed by atoms with Gasteiger partial charge in [0.15, 0.2) is 0 Å². The number of rotatable bonds is 6. The van der Waals surface area contributed by atoms with Crippen LogP contribution in [0, 0.1) is 15.9 Å². The van der Waals surface area contributed by atoms with Crippen LogP contribution in [0.4, 0.5) is 15.8 Å². The van der Waals surface area contributed by atoms with Crippen LogP contribution in [0.1, 0.15) is 13.3 Å². The van der Waals surface area contributed by atoms with Gasteiger partial charge in [0, 0.05) is 28.9 Å². The molecule has 0 aromatic heterocycles. The Morgan fingerprint density at radius 1 is 1.58 bits per heavy atom. The molecule has 19 heavy (non-hydrogen) atoms. The second kappa shape index (κ2) is 6.95. The van der Waals surface area contributed by atoms with Gasteiger partial charge in [-0.1, -0.05) is 6.92 Å². The molecular formula is C11H14BrFN2O3S. The zero-order chi connectivity index (χ0) is 14.6. The molecule has 1 aromatic carbocycles. The van der Waals surface area contributed by atoms with E-state index in [0.29, 0.717) is 13.0 Å². The number of nitro groups is 1. The molecule has 0 saturated heterocycles. The Labute approximate surface area is 121 Å². The Hall–Kier alpha value is -1.02. The fourth-order valence-electron chi connectivity index (χ4n) is 1.41. The normalized spacial score (nSPS) is 13.9. The van der Waals surface area contributed by atoms with Crippen LogP contribution in [-0.4, -0.2) is 27.2 Å². The predicted molar refractivity (Wildman–Crippen MR) is 77.4 cm³/mol. The molecule has 0 bridgehead atoms. The zero-order valence-electron chi connectivity index (χ0n) is 10.5. The molecule has 0 aliphatic rings. The first-order valence-corrected chi connectivity index (χ1v) is 7.94. The molecule has 2 atom stereocenters. The van der Waals surface area contributed by atoms with E-state index in [1.807, 2.05) is 6.92 Å². The van der Waals surface area contributed by atoms with E-state index in [1.165, 1.54) is 6.07 Å². The topological polar surface area (TPSA) is 72.2 Å². The molecule has 0 heterocycles. The van der Waals surface area contributed by atoms with Gasteiger partial charge in [0.05, 0.1) is 15.5 Å². The predicted octanol–water partition coefficient (Wildman–Crippen LogP) is 3.07. The molecule has 1 rings (SSSR count). The standard InChI is InChI=1S/C11H14BrFN2O3S/c1-7(19(2)18)3-4-14-10-5-8(12)9(13)6-11(10)15(16)17/h5-7,14H,3-4H2,1-2H3. The van der Waals surface area contributed by atoms with Gasteiger partial charge in [-0.15, -0.1) is 0 Å². The van der Waals surface area contributed by atoms with Gasteiger partial charge in [0.2, 0.25) is 0 Å². The van der Waals surface area contributed by atoms with Crippen molar-refractivity contribution in [3.05, 3.63) is 32.5 Å². The quantitative estimate of drug-likeness (QED) is 0.630. The van der Waals surface area contributed by atoms with Gasteiger partial charge >= 0.3 is 0 Å². The van der Waals surface area contributed by atoms with Crippen LogP contribution in [0.3, 0.4) is 0 Å². The number of halogens is 2. The summed E-state index contributed by atoms with van der Waals surface area (Å²) in [7, 11) is -0.934. The second-order valence-electron chi connectivity index (χ2n) is 4.07. The van der Waals surface area contributed by atoms with Gasteiger partial charge in [-0.05, 0) is 28.4 Å². The molecule has 8 heteroatoms. The van der Waals surface area contributed by atoms with Crippen molar-refractivity contribution in [1.82, 2.24) is 0 Å². The molecular weight excluding hydrogens is 339 g/mol. The highest BCUT2D eigenvalue weighted by Crippen LogP contribution is 2.30. The van der Waals surface area contributed by atoms with E-state index in [0.717, 1.165) is 6.07 Å². The number of hydrogen-bond acceptors (Lipinski definition) is 4. The van der Waals surface area contributed by atoms with E-state index in [9.17, 15) is 18.7 Å². The smallest absolute Gasteiger partial charge is 0.295 e. The van der Waals surface area contributed by atoms with Crippen molar-refractivity contribution in [2.45, 2.75) is 18.6 Å². The van der Waals surface area contributed by atoms with E-state index in [-0.39, 0.29) is 21.1 Å². The highest BCUT2D eigenvalue weighted by molar-refractivity contribution is 9.10. The summed E-state index contributed by atoms with van der Waals surface area (Å²) in [4.78, 5) is 10.2. The average molecular weight is 353 g/mol. The van der Waals surface area contributed by atoms with Crippen molar-refractivity contribution in [3.63, 3.8) is 0 Å². The van der Waals surface area contributed by atoms with E-state index in [1.54, 1.807) is 6.26 Å². The first-order valence-electron chi connectivity index (χ1n) is 5.52. The highest BCUT2D eigenvalue weighted by Gasteiger charge is 2.17. The maximum atomic E-state index is 13.3. The monoisotopic (exact) mass is 352 g/mol. The van der Waals surface area contributed by atoms with Gasteiger partial charge in [-0.25, -0.2) is 4.39 Å². The molecule has 1 aromatic rings. The molecule has 0 amide bonds. The lowest BCUT2D eigenvalue weighted by molar-refractivity contribution is -0.384. The maximum Gasteiger partial charge on any atom is 0.295 e. The Balaban J connectivity index is 2.80. The zero-order valence-corrected chi connectivity index (χ0v) is 12.9. The lowest BCUT2D eigenvalue weighted by Gasteiger charge is -2.11. The SMILES string of the molecule is CC(CCNc1cc(Br)c(F)cc1[N+](=O)[O-])S(C)=O. The first kappa shape index (κ1) is 16.0. The van der Waals surface area contributed by atoms with Gasteiger partial charge in [0.1, 0.15) is 11.5 Å². The molecule has 5 nitrogen and oxygen atoms in total. The minimum absolute atomic E-state index is 0.00422. The Bertz CT molecular complexity index is 513. The summed E-state index contributed by atoms with van der Waals surface area (Å²) in [5.74, 6) is -0.680. The summed E-state index contributed by atoms with van der Waals surface area (Å²) in [5, 5.41) is 13.7. The van der Waals surface area contributed by atoms with Crippen molar-refractivity contribution >= 4 is 38.1 Å².